The lowest BCUT2D eigenvalue weighted by Crippen LogP contribution is -2.29. The number of piperidine rings is 1. The average molecular weight is 356 g/mol. The van der Waals surface area contributed by atoms with Gasteiger partial charge in [0.2, 0.25) is 23.5 Å². The van der Waals surface area contributed by atoms with Crippen molar-refractivity contribution in [1.29, 1.82) is 0 Å². The normalized spacial score (nSPS) is 14.4. The van der Waals surface area contributed by atoms with E-state index in [4.69, 9.17) is 10.3 Å². The monoisotopic (exact) mass is 356 g/mol. The lowest BCUT2D eigenvalue weighted by Gasteiger charge is -2.23. The minimum atomic E-state index is -0.374. The fourth-order valence-electron chi connectivity index (χ4n) is 2.76. The van der Waals surface area contributed by atoms with Crippen LogP contribution in [0.25, 0.3) is 11.6 Å². The second-order valence-electron chi connectivity index (χ2n) is 5.92. The lowest BCUT2D eigenvalue weighted by molar-refractivity contribution is 0.402. The van der Waals surface area contributed by atoms with Gasteiger partial charge in [-0.2, -0.15) is 19.9 Å². The Bertz CT molecular complexity index is 909. The van der Waals surface area contributed by atoms with Crippen molar-refractivity contribution < 1.29 is 8.91 Å². The number of hydrogen-bond acceptors (Lipinski definition) is 9. The summed E-state index contributed by atoms with van der Waals surface area (Å²) in [5.41, 5.74) is 6.25. The molecule has 0 radical (unpaired) electrons. The van der Waals surface area contributed by atoms with E-state index in [2.05, 4.69) is 30.4 Å². The lowest BCUT2D eigenvalue weighted by atomic mass is 10.1. The molecule has 134 valence electrons. The molecule has 2 aromatic heterocycles. The molecular weight excluding hydrogens is 339 g/mol. The second-order valence-corrected chi connectivity index (χ2v) is 5.92. The summed E-state index contributed by atoms with van der Waals surface area (Å²) in [7, 11) is 0. The summed E-state index contributed by atoms with van der Waals surface area (Å²) in [6.45, 7) is 1.76. The van der Waals surface area contributed by atoms with Crippen molar-refractivity contribution in [3.05, 3.63) is 30.1 Å². The van der Waals surface area contributed by atoms with E-state index in [1.165, 1.54) is 18.6 Å². The number of benzene rings is 1. The van der Waals surface area contributed by atoms with Crippen molar-refractivity contribution in [3.8, 4) is 11.6 Å². The van der Waals surface area contributed by atoms with E-state index < -0.39 is 0 Å². The first kappa shape index (κ1) is 16.2. The molecule has 9 nitrogen and oxygen atoms in total. The molecular formula is C16H17FN8O. The van der Waals surface area contributed by atoms with Crippen LogP contribution >= 0.6 is 0 Å². The molecule has 1 fully saturated rings. The standard InChI is InChI=1S/C16H17FN8O/c17-10-5-4-6-11(9-10)19-15-21-12(20-14(18)23-15)13-22-16(26-24-13)25-7-2-1-3-8-25/h4-6,9H,1-3,7-8H2,(H3,18,19,20,21,23). The number of nitrogen functional groups attached to an aromatic ring is 1. The number of rotatable bonds is 4. The van der Waals surface area contributed by atoms with Gasteiger partial charge in [0.25, 0.3) is 0 Å². The van der Waals surface area contributed by atoms with Crippen LogP contribution in [0.3, 0.4) is 0 Å². The molecule has 1 saturated heterocycles. The number of halogens is 1. The van der Waals surface area contributed by atoms with E-state index in [1.54, 1.807) is 12.1 Å². The van der Waals surface area contributed by atoms with E-state index in [9.17, 15) is 4.39 Å². The second kappa shape index (κ2) is 6.90. The Balaban J connectivity index is 1.59. The molecule has 0 aliphatic carbocycles. The van der Waals surface area contributed by atoms with Crippen LogP contribution in [0.5, 0.6) is 0 Å². The molecule has 0 bridgehead atoms. The molecule has 3 N–H and O–H groups in total. The summed E-state index contributed by atoms with van der Waals surface area (Å²) in [4.78, 5) is 18.7. The number of nitrogens with two attached hydrogens (primary N) is 1. The smallest absolute Gasteiger partial charge is 0.324 e. The molecule has 4 rings (SSSR count). The summed E-state index contributed by atoms with van der Waals surface area (Å²) in [5, 5.41) is 6.83. The van der Waals surface area contributed by atoms with Gasteiger partial charge in [0.1, 0.15) is 5.82 Å². The zero-order valence-electron chi connectivity index (χ0n) is 13.9. The molecule has 26 heavy (non-hydrogen) atoms. The highest BCUT2D eigenvalue weighted by Gasteiger charge is 2.20. The van der Waals surface area contributed by atoms with Gasteiger partial charge in [0.05, 0.1) is 0 Å². The van der Waals surface area contributed by atoms with Crippen LogP contribution in [0.15, 0.2) is 28.8 Å². The van der Waals surface area contributed by atoms with Crippen LogP contribution in [-0.4, -0.2) is 38.2 Å². The van der Waals surface area contributed by atoms with Gasteiger partial charge in [-0.3, -0.25) is 0 Å². The van der Waals surface area contributed by atoms with Gasteiger partial charge in [-0.05, 0) is 37.5 Å². The van der Waals surface area contributed by atoms with Gasteiger partial charge in [0, 0.05) is 18.8 Å². The van der Waals surface area contributed by atoms with Gasteiger partial charge >= 0.3 is 6.01 Å². The Morgan fingerprint density at radius 2 is 1.88 bits per heavy atom. The van der Waals surface area contributed by atoms with Crippen molar-refractivity contribution in [2.45, 2.75) is 19.3 Å². The maximum atomic E-state index is 13.3. The molecule has 0 unspecified atom stereocenters. The minimum absolute atomic E-state index is 0.00164. The maximum absolute atomic E-state index is 13.3. The van der Waals surface area contributed by atoms with Crippen LogP contribution in [-0.2, 0) is 0 Å². The fraction of sp³-hybridized carbons (Fsp3) is 0.312. The summed E-state index contributed by atoms with van der Waals surface area (Å²) in [6, 6.07) is 6.37. The Labute approximate surface area is 148 Å². The SMILES string of the molecule is Nc1nc(Nc2cccc(F)c2)nc(-c2noc(N3CCCCC3)n2)n1. The predicted molar refractivity (Wildman–Crippen MR) is 93.3 cm³/mol. The Hall–Kier alpha value is -3.30. The molecule has 3 heterocycles. The number of nitrogens with one attached hydrogen (secondary N) is 1. The maximum Gasteiger partial charge on any atom is 0.324 e. The quantitative estimate of drug-likeness (QED) is 0.726. The van der Waals surface area contributed by atoms with Crippen LogP contribution in [0.1, 0.15) is 19.3 Å². The average Bonchev–Trinajstić information content (AvgIpc) is 3.12. The number of anilines is 4. The van der Waals surface area contributed by atoms with Crippen molar-refractivity contribution in [1.82, 2.24) is 25.1 Å². The molecule has 0 saturated carbocycles. The summed E-state index contributed by atoms with van der Waals surface area (Å²) in [6.07, 6.45) is 3.40. The zero-order valence-corrected chi connectivity index (χ0v) is 13.9. The molecule has 1 aliphatic heterocycles. The topological polar surface area (TPSA) is 119 Å². The number of nitrogens with zero attached hydrogens (tertiary/aromatic N) is 6. The largest absolute Gasteiger partial charge is 0.368 e. The first-order valence-electron chi connectivity index (χ1n) is 8.30. The number of hydrogen-bond donors (Lipinski definition) is 2. The van der Waals surface area contributed by atoms with Gasteiger partial charge in [-0.15, -0.1) is 0 Å². The first-order chi connectivity index (χ1) is 12.7. The van der Waals surface area contributed by atoms with Gasteiger partial charge in [-0.1, -0.05) is 11.2 Å². The molecule has 3 aromatic rings. The highest BCUT2D eigenvalue weighted by molar-refractivity contribution is 5.57. The summed E-state index contributed by atoms with van der Waals surface area (Å²) < 4.78 is 18.6. The molecule has 0 atom stereocenters. The first-order valence-corrected chi connectivity index (χ1v) is 8.30. The molecule has 0 amide bonds. The van der Waals surface area contributed by atoms with Crippen molar-refractivity contribution in [2.75, 3.05) is 29.0 Å². The zero-order chi connectivity index (χ0) is 17.9. The molecule has 1 aliphatic rings. The molecule has 10 heteroatoms. The third kappa shape index (κ3) is 3.53. The highest BCUT2D eigenvalue weighted by Crippen LogP contribution is 2.22. The van der Waals surface area contributed by atoms with Gasteiger partial charge < -0.3 is 20.5 Å². The third-order valence-electron chi connectivity index (χ3n) is 3.98. The van der Waals surface area contributed by atoms with Gasteiger partial charge in [-0.25, -0.2) is 4.39 Å². The van der Waals surface area contributed by atoms with Crippen molar-refractivity contribution in [3.63, 3.8) is 0 Å². The van der Waals surface area contributed by atoms with Crippen molar-refractivity contribution >= 4 is 23.6 Å². The van der Waals surface area contributed by atoms with E-state index in [-0.39, 0.29) is 29.4 Å². The predicted octanol–water partition coefficient (Wildman–Crippen LogP) is 2.38. The van der Waals surface area contributed by atoms with E-state index >= 15 is 0 Å². The van der Waals surface area contributed by atoms with Crippen LogP contribution in [0.4, 0.5) is 28.0 Å². The van der Waals surface area contributed by atoms with Crippen LogP contribution < -0.4 is 16.0 Å². The third-order valence-corrected chi connectivity index (χ3v) is 3.98. The van der Waals surface area contributed by atoms with Crippen LogP contribution in [0, 0.1) is 5.82 Å². The van der Waals surface area contributed by atoms with Crippen molar-refractivity contribution in [2.24, 2.45) is 0 Å². The molecule has 0 spiro atoms. The van der Waals surface area contributed by atoms with E-state index in [0.717, 1.165) is 25.9 Å². The van der Waals surface area contributed by atoms with E-state index in [1.807, 2.05) is 4.90 Å². The van der Waals surface area contributed by atoms with Crippen LogP contribution in [0.2, 0.25) is 0 Å². The highest BCUT2D eigenvalue weighted by atomic mass is 19.1. The Kier molecular flexibility index (Phi) is 4.30. The van der Waals surface area contributed by atoms with Gasteiger partial charge in [0.15, 0.2) is 0 Å². The summed E-state index contributed by atoms with van der Waals surface area (Å²) >= 11 is 0. The summed E-state index contributed by atoms with van der Waals surface area (Å²) in [5.74, 6) is 0.201. The Morgan fingerprint density at radius 3 is 2.69 bits per heavy atom. The fourth-order valence-corrected chi connectivity index (χ4v) is 2.76. The number of aromatic nitrogens is 5. The molecule has 1 aromatic carbocycles. The Morgan fingerprint density at radius 1 is 1.04 bits per heavy atom. The minimum Gasteiger partial charge on any atom is -0.368 e. The van der Waals surface area contributed by atoms with E-state index in [0.29, 0.717) is 11.7 Å².